The molecule has 3 aliphatic heterocycles. The molecule has 3 aliphatic rings. The molecule has 0 saturated carbocycles. The van der Waals surface area contributed by atoms with Crippen LogP contribution in [-0.4, -0.2) is 46.0 Å². The van der Waals surface area contributed by atoms with Crippen LogP contribution in [0.5, 0.6) is 0 Å². The number of hydrogen-bond donors (Lipinski definition) is 2. The molecule has 3 saturated heterocycles. The molecule has 4 atom stereocenters. The zero-order valence-corrected chi connectivity index (χ0v) is 16.3. The van der Waals surface area contributed by atoms with Crippen LogP contribution >= 0.6 is 11.6 Å². The Bertz CT molecular complexity index is 944. The molecular formula is C20H22ClN5O2. The molecule has 3 fully saturated rings. The van der Waals surface area contributed by atoms with Gasteiger partial charge in [-0.3, -0.25) is 9.59 Å². The van der Waals surface area contributed by atoms with Crippen LogP contribution in [0.25, 0.3) is 0 Å². The molecule has 2 unspecified atom stereocenters. The van der Waals surface area contributed by atoms with E-state index in [1.807, 2.05) is 31.4 Å². The average molecular weight is 400 g/mol. The first-order valence-electron chi connectivity index (χ1n) is 9.54. The predicted molar refractivity (Wildman–Crippen MR) is 106 cm³/mol. The van der Waals surface area contributed by atoms with E-state index in [2.05, 4.69) is 21.5 Å². The maximum atomic E-state index is 13.1. The second-order valence-corrected chi connectivity index (χ2v) is 8.19. The quantitative estimate of drug-likeness (QED) is 0.822. The fourth-order valence-electron chi connectivity index (χ4n) is 4.73. The van der Waals surface area contributed by atoms with Crippen molar-refractivity contribution in [1.29, 1.82) is 0 Å². The summed E-state index contributed by atoms with van der Waals surface area (Å²) >= 11 is 6.09. The minimum Gasteiger partial charge on any atom is -0.353 e. The van der Waals surface area contributed by atoms with E-state index in [-0.39, 0.29) is 36.0 Å². The first kappa shape index (κ1) is 17.7. The number of amides is 2. The highest BCUT2D eigenvalue weighted by atomic mass is 35.5. The Balaban J connectivity index is 1.29. The van der Waals surface area contributed by atoms with Crippen LogP contribution in [0.15, 0.2) is 42.6 Å². The van der Waals surface area contributed by atoms with Crippen LogP contribution in [0.4, 0.5) is 5.69 Å². The van der Waals surface area contributed by atoms with Crippen molar-refractivity contribution in [3.8, 4) is 0 Å². The number of carbonyl (C=O) groups is 2. The number of rotatable bonds is 3. The summed E-state index contributed by atoms with van der Waals surface area (Å²) in [5.41, 5.74) is 8.29. The smallest absolute Gasteiger partial charge is 0.250 e. The minimum atomic E-state index is -0.382. The van der Waals surface area contributed by atoms with Crippen molar-refractivity contribution in [3.63, 3.8) is 0 Å². The number of hydrazine groups is 1. The third kappa shape index (κ3) is 2.73. The number of likely N-dealkylation sites (tertiary alicyclic amines) is 1. The van der Waals surface area contributed by atoms with Crippen molar-refractivity contribution < 1.29 is 9.59 Å². The van der Waals surface area contributed by atoms with E-state index in [1.54, 1.807) is 21.9 Å². The first-order valence-corrected chi connectivity index (χ1v) is 9.92. The van der Waals surface area contributed by atoms with Crippen molar-refractivity contribution >= 4 is 29.1 Å². The van der Waals surface area contributed by atoms with E-state index in [1.165, 1.54) is 0 Å². The first-order chi connectivity index (χ1) is 13.5. The Morgan fingerprint density at radius 3 is 2.75 bits per heavy atom. The highest BCUT2D eigenvalue weighted by molar-refractivity contribution is 6.31. The molecule has 5 rings (SSSR count). The maximum Gasteiger partial charge on any atom is 0.250 e. The highest BCUT2D eigenvalue weighted by Crippen LogP contribution is 2.37. The van der Waals surface area contributed by atoms with Gasteiger partial charge in [0.2, 0.25) is 11.8 Å². The van der Waals surface area contributed by atoms with Gasteiger partial charge in [0.15, 0.2) is 0 Å². The molecule has 2 aromatic rings. The van der Waals surface area contributed by atoms with Crippen LogP contribution in [0.3, 0.4) is 0 Å². The summed E-state index contributed by atoms with van der Waals surface area (Å²) in [5.74, 6) is -0.0207. The number of aryl methyl sites for hydroxylation is 1. The lowest BCUT2D eigenvalue weighted by Gasteiger charge is -2.35. The Morgan fingerprint density at radius 1 is 1.18 bits per heavy atom. The van der Waals surface area contributed by atoms with E-state index in [0.29, 0.717) is 24.4 Å². The summed E-state index contributed by atoms with van der Waals surface area (Å²) in [6.07, 6.45) is 3.34. The molecule has 2 amide bonds. The Hall–Kier alpha value is -2.35. The summed E-state index contributed by atoms with van der Waals surface area (Å²) in [4.78, 5) is 29.6. The van der Waals surface area contributed by atoms with Gasteiger partial charge in [0.25, 0.3) is 0 Å². The molecule has 2 bridgehead atoms. The zero-order chi connectivity index (χ0) is 19.4. The summed E-state index contributed by atoms with van der Waals surface area (Å²) in [5, 5.41) is 0.606. The average Bonchev–Trinajstić information content (AvgIpc) is 3.44. The van der Waals surface area contributed by atoms with Gasteiger partial charge in [-0.15, -0.1) is 0 Å². The van der Waals surface area contributed by atoms with E-state index < -0.39 is 0 Å². The molecular weight excluding hydrogens is 378 g/mol. The molecule has 1 aromatic heterocycles. The van der Waals surface area contributed by atoms with Crippen molar-refractivity contribution in [3.05, 3.63) is 53.3 Å². The molecule has 0 spiro atoms. The highest BCUT2D eigenvalue weighted by Gasteiger charge is 2.53. The number of carbonyl (C=O) groups excluding carboxylic acids is 2. The lowest BCUT2D eigenvalue weighted by Crippen LogP contribution is -2.56. The van der Waals surface area contributed by atoms with Crippen LogP contribution in [-0.2, 0) is 16.6 Å². The monoisotopic (exact) mass is 399 g/mol. The van der Waals surface area contributed by atoms with Crippen molar-refractivity contribution in [1.82, 2.24) is 20.3 Å². The van der Waals surface area contributed by atoms with Gasteiger partial charge in [0.05, 0.1) is 12.1 Å². The van der Waals surface area contributed by atoms with Crippen LogP contribution in [0.2, 0.25) is 5.02 Å². The molecule has 0 radical (unpaired) electrons. The van der Waals surface area contributed by atoms with Gasteiger partial charge in [-0.1, -0.05) is 17.7 Å². The fraction of sp³-hybridized carbons (Fsp3) is 0.400. The lowest BCUT2D eigenvalue weighted by atomic mass is 10.1. The Morgan fingerprint density at radius 2 is 2.04 bits per heavy atom. The van der Waals surface area contributed by atoms with Gasteiger partial charge in [-0.05, 0) is 43.2 Å². The Labute approximate surface area is 168 Å². The number of halogens is 1. The predicted octanol–water partition coefficient (Wildman–Crippen LogP) is 1.60. The van der Waals surface area contributed by atoms with E-state index in [9.17, 15) is 9.59 Å². The standard InChI is InChI=1S/C20H22ClN5O2/c1-24-7-3-6-17(24)15-10-16(23-22-15)19(27)25-11-14-9-18(25)20(28)26(14)13-5-2-4-12(21)8-13/h2-8,14-16,18,22-23H,9-11H2,1H3/t14-,15?,16?,18-/m0/s1. The van der Waals surface area contributed by atoms with Crippen molar-refractivity contribution in [2.24, 2.45) is 7.05 Å². The molecule has 0 aliphatic carbocycles. The number of nitrogens with zero attached hydrogens (tertiary/aromatic N) is 3. The van der Waals surface area contributed by atoms with Crippen molar-refractivity contribution in [2.75, 3.05) is 11.4 Å². The van der Waals surface area contributed by atoms with Crippen LogP contribution < -0.4 is 15.8 Å². The number of hydrogen-bond acceptors (Lipinski definition) is 4. The van der Waals surface area contributed by atoms with Gasteiger partial charge >= 0.3 is 0 Å². The molecule has 4 heterocycles. The maximum absolute atomic E-state index is 13.1. The molecule has 8 heteroatoms. The lowest BCUT2D eigenvalue weighted by molar-refractivity contribution is -0.139. The summed E-state index contributed by atoms with van der Waals surface area (Å²) < 4.78 is 2.05. The number of nitrogens with one attached hydrogen (secondary N) is 2. The van der Waals surface area contributed by atoms with Gasteiger partial charge < -0.3 is 14.4 Å². The summed E-state index contributed by atoms with van der Waals surface area (Å²) in [6, 6.07) is 10.8. The van der Waals surface area contributed by atoms with Crippen molar-refractivity contribution in [2.45, 2.75) is 37.0 Å². The Kier molecular flexibility index (Phi) is 4.19. The largest absolute Gasteiger partial charge is 0.353 e. The summed E-state index contributed by atoms with van der Waals surface area (Å²) in [6.45, 7) is 0.564. The number of anilines is 1. The second-order valence-electron chi connectivity index (χ2n) is 7.76. The normalized spacial score (nSPS) is 29.1. The SMILES string of the molecule is Cn1cccc1C1CC(C(=O)N2C[C@@H]3C[C@H]2C(=O)N3c2cccc(Cl)c2)NN1. The van der Waals surface area contributed by atoms with Gasteiger partial charge in [-0.25, -0.2) is 10.9 Å². The van der Waals surface area contributed by atoms with Crippen LogP contribution in [0, 0.1) is 0 Å². The van der Waals surface area contributed by atoms with Gasteiger partial charge in [0, 0.05) is 36.2 Å². The third-order valence-corrected chi connectivity index (χ3v) is 6.31. The van der Waals surface area contributed by atoms with E-state index in [0.717, 1.165) is 11.4 Å². The van der Waals surface area contributed by atoms with Gasteiger partial charge in [-0.2, -0.15) is 0 Å². The summed E-state index contributed by atoms with van der Waals surface area (Å²) in [7, 11) is 1.99. The number of aromatic nitrogens is 1. The third-order valence-electron chi connectivity index (χ3n) is 6.08. The molecule has 2 N–H and O–H groups in total. The van der Waals surface area contributed by atoms with E-state index >= 15 is 0 Å². The number of piperazine rings is 1. The van der Waals surface area contributed by atoms with Gasteiger partial charge in [0.1, 0.15) is 12.1 Å². The van der Waals surface area contributed by atoms with E-state index in [4.69, 9.17) is 11.6 Å². The number of fused-ring (bicyclic) bond motifs is 2. The molecule has 7 nitrogen and oxygen atoms in total. The zero-order valence-electron chi connectivity index (χ0n) is 15.5. The fourth-order valence-corrected chi connectivity index (χ4v) is 4.92. The second kappa shape index (κ2) is 6.62. The molecule has 1 aromatic carbocycles. The van der Waals surface area contributed by atoms with Crippen LogP contribution in [0.1, 0.15) is 24.6 Å². The number of benzene rings is 1. The molecule has 146 valence electrons. The topological polar surface area (TPSA) is 69.6 Å². The minimum absolute atomic E-state index is 0.00389. The molecule has 28 heavy (non-hydrogen) atoms.